The van der Waals surface area contributed by atoms with Gasteiger partial charge < -0.3 is 9.59 Å². The highest BCUT2D eigenvalue weighted by atomic mass is 16.1. The van der Waals surface area contributed by atoms with Gasteiger partial charge >= 0.3 is 0 Å². The number of hydrogen-bond acceptors (Lipinski definition) is 2. The summed E-state index contributed by atoms with van der Waals surface area (Å²) in [5.41, 5.74) is 4.63. The van der Waals surface area contributed by atoms with Gasteiger partial charge in [0.1, 0.15) is 12.6 Å². The predicted molar refractivity (Wildman–Crippen MR) is 81.9 cm³/mol. The number of carbonyl (C=O) groups excluding carboxylic acids is 2. The van der Waals surface area contributed by atoms with E-state index in [0.29, 0.717) is 12.8 Å². The zero-order chi connectivity index (χ0) is 14.8. The molecule has 2 aromatic carbocycles. The molecule has 2 nitrogen and oxygen atoms in total. The van der Waals surface area contributed by atoms with E-state index in [-0.39, 0.29) is 0 Å². The number of benzene rings is 2. The average molecular weight is 268 g/mol. The van der Waals surface area contributed by atoms with Crippen LogP contribution in [0.25, 0.3) is 0 Å². The second-order valence-electron chi connectivity index (χ2n) is 4.71. The Balaban J connectivity index is 0.000000200. The Hall–Kier alpha value is -2.22. The lowest BCUT2D eigenvalue weighted by Gasteiger charge is -1.93. The second-order valence-corrected chi connectivity index (χ2v) is 4.71. The molecule has 20 heavy (non-hydrogen) atoms. The van der Waals surface area contributed by atoms with Gasteiger partial charge in [-0.2, -0.15) is 0 Å². The third kappa shape index (κ3) is 6.10. The Morgan fingerprint density at radius 2 is 0.950 bits per heavy atom. The minimum atomic E-state index is 0.528. The van der Waals surface area contributed by atoms with Gasteiger partial charge in [0.05, 0.1) is 0 Å². The van der Waals surface area contributed by atoms with Crippen LogP contribution >= 0.6 is 0 Å². The average Bonchev–Trinajstić information content (AvgIpc) is 2.45. The van der Waals surface area contributed by atoms with E-state index >= 15 is 0 Å². The van der Waals surface area contributed by atoms with Gasteiger partial charge in [0, 0.05) is 12.8 Å². The van der Waals surface area contributed by atoms with Gasteiger partial charge in [-0.05, 0) is 25.0 Å². The molecular weight excluding hydrogens is 248 g/mol. The Morgan fingerprint density at radius 1 is 0.650 bits per heavy atom. The molecule has 0 aliphatic heterocycles. The van der Waals surface area contributed by atoms with E-state index in [2.05, 4.69) is 0 Å². The molecule has 0 bridgehead atoms. The van der Waals surface area contributed by atoms with E-state index in [4.69, 9.17) is 0 Å². The van der Waals surface area contributed by atoms with Gasteiger partial charge in [0.15, 0.2) is 0 Å². The van der Waals surface area contributed by atoms with E-state index in [9.17, 15) is 9.59 Å². The van der Waals surface area contributed by atoms with Crippen LogP contribution < -0.4 is 0 Å². The third-order valence-corrected chi connectivity index (χ3v) is 2.88. The molecule has 0 heterocycles. The maximum Gasteiger partial charge on any atom is 0.124 e. The fraction of sp³-hybridized carbons (Fsp3) is 0.222. The molecule has 0 aliphatic carbocycles. The zero-order valence-corrected chi connectivity index (χ0v) is 12.0. The summed E-state index contributed by atoms with van der Waals surface area (Å²) < 4.78 is 0. The Kier molecular flexibility index (Phi) is 6.97. The molecule has 0 atom stereocenters. The Morgan fingerprint density at radius 3 is 1.20 bits per heavy atom. The molecule has 0 spiro atoms. The first-order chi connectivity index (χ1) is 9.65. The van der Waals surface area contributed by atoms with Crippen molar-refractivity contribution >= 4 is 12.6 Å². The summed E-state index contributed by atoms with van der Waals surface area (Å²) in [5, 5.41) is 0. The van der Waals surface area contributed by atoms with Crippen LogP contribution in [0, 0.1) is 13.8 Å². The van der Waals surface area contributed by atoms with Gasteiger partial charge in [-0.3, -0.25) is 0 Å². The summed E-state index contributed by atoms with van der Waals surface area (Å²) in [7, 11) is 0. The van der Waals surface area contributed by atoms with E-state index in [1.54, 1.807) is 0 Å². The summed E-state index contributed by atoms with van der Waals surface area (Å²) in [6.07, 6.45) is 2.90. The first kappa shape index (κ1) is 15.8. The number of carbonyl (C=O) groups is 2. The van der Waals surface area contributed by atoms with Crippen molar-refractivity contribution in [3.8, 4) is 0 Å². The highest BCUT2D eigenvalue weighted by molar-refractivity contribution is 5.55. The molecule has 0 amide bonds. The van der Waals surface area contributed by atoms with Crippen LogP contribution in [-0.2, 0) is 22.4 Å². The minimum Gasteiger partial charge on any atom is -0.303 e. The summed E-state index contributed by atoms with van der Waals surface area (Å²) in [6.45, 7) is 4.06. The molecule has 2 rings (SSSR count). The molecule has 0 saturated carbocycles. The largest absolute Gasteiger partial charge is 0.303 e. The molecule has 0 radical (unpaired) electrons. The van der Waals surface area contributed by atoms with Crippen molar-refractivity contribution in [2.45, 2.75) is 26.7 Å². The van der Waals surface area contributed by atoms with Crippen molar-refractivity contribution < 1.29 is 9.59 Å². The molecule has 0 saturated heterocycles. The highest BCUT2D eigenvalue weighted by Crippen LogP contribution is 2.02. The van der Waals surface area contributed by atoms with Crippen LogP contribution in [0.4, 0.5) is 0 Å². The molecule has 0 unspecified atom stereocenters. The molecule has 0 aliphatic rings. The van der Waals surface area contributed by atoms with Crippen molar-refractivity contribution in [1.82, 2.24) is 0 Å². The molecule has 0 N–H and O–H groups in total. The van der Waals surface area contributed by atoms with Crippen LogP contribution in [0.5, 0.6) is 0 Å². The molecule has 2 aromatic rings. The number of hydrogen-bond donors (Lipinski definition) is 0. The van der Waals surface area contributed by atoms with Gasteiger partial charge in [0.25, 0.3) is 0 Å². The van der Waals surface area contributed by atoms with E-state index < -0.39 is 0 Å². The number of aryl methyl sites for hydroxylation is 2. The predicted octanol–water partition coefficient (Wildman–Crippen LogP) is 3.47. The van der Waals surface area contributed by atoms with Crippen molar-refractivity contribution in [3.63, 3.8) is 0 Å². The molecule has 104 valence electrons. The fourth-order valence-corrected chi connectivity index (χ4v) is 1.64. The van der Waals surface area contributed by atoms with Gasteiger partial charge in [-0.15, -0.1) is 0 Å². The lowest BCUT2D eigenvalue weighted by atomic mass is 10.1. The summed E-state index contributed by atoms with van der Waals surface area (Å²) in [4.78, 5) is 20.1. The zero-order valence-electron chi connectivity index (χ0n) is 12.0. The second kappa shape index (κ2) is 8.81. The SMILES string of the molecule is Cc1ccc(CC=O)cc1.Cc1ccc(CC=O)cc1. The van der Waals surface area contributed by atoms with Gasteiger partial charge in [0.2, 0.25) is 0 Å². The van der Waals surface area contributed by atoms with Crippen LogP contribution in [0.15, 0.2) is 48.5 Å². The number of rotatable bonds is 4. The highest BCUT2D eigenvalue weighted by Gasteiger charge is 1.89. The first-order valence-corrected chi connectivity index (χ1v) is 6.64. The normalized spacial score (nSPS) is 9.30. The smallest absolute Gasteiger partial charge is 0.124 e. The van der Waals surface area contributed by atoms with Crippen LogP contribution in [0.1, 0.15) is 22.3 Å². The number of aldehydes is 2. The van der Waals surface area contributed by atoms with Crippen LogP contribution in [0.3, 0.4) is 0 Å². The Bertz CT molecular complexity index is 473. The van der Waals surface area contributed by atoms with Gasteiger partial charge in [-0.1, -0.05) is 59.7 Å². The van der Waals surface area contributed by atoms with E-state index in [1.165, 1.54) is 11.1 Å². The van der Waals surface area contributed by atoms with Crippen LogP contribution in [0.2, 0.25) is 0 Å². The lowest BCUT2D eigenvalue weighted by Crippen LogP contribution is -1.84. The standard InChI is InChI=1S/2C9H10O/c2*1-8-2-4-9(5-3-8)6-7-10/h2*2-5,7H,6H2,1H3. The fourth-order valence-electron chi connectivity index (χ4n) is 1.64. The van der Waals surface area contributed by atoms with Crippen molar-refractivity contribution in [2.75, 3.05) is 0 Å². The molecule has 0 fully saturated rings. The third-order valence-electron chi connectivity index (χ3n) is 2.88. The van der Waals surface area contributed by atoms with Crippen LogP contribution in [-0.4, -0.2) is 12.6 Å². The summed E-state index contributed by atoms with van der Waals surface area (Å²) >= 11 is 0. The monoisotopic (exact) mass is 268 g/mol. The van der Waals surface area contributed by atoms with E-state index in [1.807, 2.05) is 62.4 Å². The first-order valence-electron chi connectivity index (χ1n) is 6.64. The topological polar surface area (TPSA) is 34.1 Å². The summed E-state index contributed by atoms with van der Waals surface area (Å²) in [6, 6.07) is 16.0. The van der Waals surface area contributed by atoms with Crippen molar-refractivity contribution in [3.05, 3.63) is 70.8 Å². The molecule has 2 heteroatoms. The van der Waals surface area contributed by atoms with Crippen molar-refractivity contribution in [1.29, 1.82) is 0 Å². The summed E-state index contributed by atoms with van der Waals surface area (Å²) in [5.74, 6) is 0. The minimum absolute atomic E-state index is 0.528. The van der Waals surface area contributed by atoms with E-state index in [0.717, 1.165) is 23.7 Å². The van der Waals surface area contributed by atoms with Crippen molar-refractivity contribution in [2.24, 2.45) is 0 Å². The lowest BCUT2D eigenvalue weighted by molar-refractivity contribution is -0.108. The maximum atomic E-state index is 10.1. The molecular formula is C18H20O2. The maximum absolute atomic E-state index is 10.1. The quantitative estimate of drug-likeness (QED) is 0.796. The van der Waals surface area contributed by atoms with Gasteiger partial charge in [-0.25, -0.2) is 0 Å². The molecule has 0 aromatic heterocycles. The Labute approximate surface area is 120 Å².